The van der Waals surface area contributed by atoms with E-state index in [0.717, 1.165) is 5.56 Å². The van der Waals surface area contributed by atoms with Gasteiger partial charge in [0.15, 0.2) is 0 Å². The number of ether oxygens (including phenoxy) is 2. The van der Waals surface area contributed by atoms with Crippen LogP contribution in [0.25, 0.3) is 0 Å². The van der Waals surface area contributed by atoms with Crippen LogP contribution in [0.15, 0.2) is 30.6 Å². The zero-order valence-corrected chi connectivity index (χ0v) is 10.7. The molecule has 0 unspecified atom stereocenters. The van der Waals surface area contributed by atoms with Gasteiger partial charge in [-0.05, 0) is 18.2 Å². The first-order valence-electron chi connectivity index (χ1n) is 5.61. The van der Waals surface area contributed by atoms with Gasteiger partial charge >= 0.3 is 5.97 Å². The molecule has 2 aromatic rings. The Labute approximate surface area is 110 Å². The highest BCUT2D eigenvalue weighted by Gasteiger charge is 2.16. The van der Waals surface area contributed by atoms with E-state index < -0.39 is 5.97 Å². The summed E-state index contributed by atoms with van der Waals surface area (Å²) in [5, 5.41) is 13.2. The number of carbonyl (C=O) groups is 1. The molecular formula is C13H14N2O4. The lowest BCUT2D eigenvalue weighted by atomic mass is 10.1. The van der Waals surface area contributed by atoms with Gasteiger partial charge in [0.05, 0.1) is 20.8 Å². The van der Waals surface area contributed by atoms with Crippen LogP contribution in [0.3, 0.4) is 0 Å². The third-order valence-corrected chi connectivity index (χ3v) is 2.72. The molecule has 2 rings (SSSR count). The van der Waals surface area contributed by atoms with Crippen LogP contribution in [0.4, 0.5) is 0 Å². The molecule has 0 spiro atoms. The summed E-state index contributed by atoms with van der Waals surface area (Å²) in [4.78, 5) is 11.1. The van der Waals surface area contributed by atoms with Crippen molar-refractivity contribution in [2.24, 2.45) is 0 Å². The maximum absolute atomic E-state index is 11.1. The van der Waals surface area contributed by atoms with Gasteiger partial charge in [-0.2, -0.15) is 5.10 Å². The molecule has 0 aliphatic rings. The molecule has 0 bridgehead atoms. The molecular weight excluding hydrogens is 248 g/mol. The van der Waals surface area contributed by atoms with E-state index in [1.165, 1.54) is 20.3 Å². The number of carboxylic acid groups (broad SMARTS) is 1. The van der Waals surface area contributed by atoms with E-state index in [0.29, 0.717) is 18.0 Å². The molecule has 0 radical (unpaired) electrons. The average Bonchev–Trinajstić information content (AvgIpc) is 2.90. The maximum atomic E-state index is 11.1. The van der Waals surface area contributed by atoms with Crippen molar-refractivity contribution >= 4 is 5.97 Å². The summed E-state index contributed by atoms with van der Waals surface area (Å²) in [7, 11) is 2.94. The number of nitrogens with zero attached hydrogens (tertiary/aromatic N) is 2. The molecule has 1 aromatic carbocycles. The summed E-state index contributed by atoms with van der Waals surface area (Å²) in [6.45, 7) is 0.479. The van der Waals surface area contributed by atoms with E-state index in [2.05, 4.69) is 5.10 Å². The van der Waals surface area contributed by atoms with Crippen LogP contribution in [-0.4, -0.2) is 35.1 Å². The summed E-state index contributed by atoms with van der Waals surface area (Å²) in [6.07, 6.45) is 3.49. The Kier molecular flexibility index (Phi) is 3.70. The predicted molar refractivity (Wildman–Crippen MR) is 67.8 cm³/mol. The monoisotopic (exact) mass is 262 g/mol. The Bertz CT molecular complexity index is 579. The molecule has 6 heteroatoms. The fourth-order valence-electron chi connectivity index (χ4n) is 1.82. The Morgan fingerprint density at radius 2 is 2.05 bits per heavy atom. The van der Waals surface area contributed by atoms with Gasteiger partial charge in [-0.15, -0.1) is 0 Å². The second-order valence-corrected chi connectivity index (χ2v) is 3.87. The van der Waals surface area contributed by atoms with E-state index in [1.54, 1.807) is 16.9 Å². The van der Waals surface area contributed by atoms with Crippen molar-refractivity contribution in [2.75, 3.05) is 14.2 Å². The Balaban J connectivity index is 2.45. The molecule has 0 aliphatic heterocycles. The van der Waals surface area contributed by atoms with Gasteiger partial charge < -0.3 is 14.6 Å². The minimum Gasteiger partial charge on any atom is -0.496 e. The standard InChI is InChI=1S/C13H14N2O4/c1-18-11-7-10(13(16)17)12(19-2)6-9(11)8-15-5-3-4-14-15/h3-7H,8H2,1-2H3,(H,16,17). The Hall–Kier alpha value is -2.50. The number of hydrogen-bond acceptors (Lipinski definition) is 4. The van der Waals surface area contributed by atoms with Crippen LogP contribution in [0.5, 0.6) is 11.5 Å². The van der Waals surface area contributed by atoms with Crippen molar-refractivity contribution in [3.8, 4) is 11.5 Å². The lowest BCUT2D eigenvalue weighted by Crippen LogP contribution is -2.06. The quantitative estimate of drug-likeness (QED) is 0.886. The van der Waals surface area contributed by atoms with E-state index in [1.807, 2.05) is 12.3 Å². The van der Waals surface area contributed by atoms with Crippen molar-refractivity contribution < 1.29 is 19.4 Å². The zero-order valence-electron chi connectivity index (χ0n) is 10.7. The summed E-state index contributed by atoms with van der Waals surface area (Å²) in [5.41, 5.74) is 0.872. The molecule has 0 fully saturated rings. The third kappa shape index (κ3) is 2.67. The van der Waals surface area contributed by atoms with Crippen molar-refractivity contribution in [2.45, 2.75) is 6.54 Å². The van der Waals surface area contributed by atoms with Crippen LogP contribution in [0, 0.1) is 0 Å². The minimum atomic E-state index is -1.05. The molecule has 1 N–H and O–H groups in total. The molecule has 0 aliphatic carbocycles. The molecule has 19 heavy (non-hydrogen) atoms. The number of hydrogen-bond donors (Lipinski definition) is 1. The topological polar surface area (TPSA) is 73.6 Å². The smallest absolute Gasteiger partial charge is 0.339 e. The second-order valence-electron chi connectivity index (χ2n) is 3.87. The normalized spacial score (nSPS) is 10.2. The number of methoxy groups -OCH3 is 2. The Morgan fingerprint density at radius 3 is 2.58 bits per heavy atom. The lowest BCUT2D eigenvalue weighted by Gasteiger charge is -2.13. The first kappa shape index (κ1) is 12.9. The summed E-state index contributed by atoms with van der Waals surface area (Å²) >= 11 is 0. The van der Waals surface area contributed by atoms with Crippen LogP contribution < -0.4 is 9.47 Å². The summed E-state index contributed by atoms with van der Waals surface area (Å²) in [5.74, 6) is -0.259. The lowest BCUT2D eigenvalue weighted by molar-refractivity contribution is 0.0693. The fraction of sp³-hybridized carbons (Fsp3) is 0.231. The van der Waals surface area contributed by atoms with E-state index in [9.17, 15) is 4.79 Å². The van der Waals surface area contributed by atoms with E-state index >= 15 is 0 Å². The van der Waals surface area contributed by atoms with E-state index in [-0.39, 0.29) is 5.56 Å². The van der Waals surface area contributed by atoms with Gasteiger partial charge in [-0.25, -0.2) is 4.79 Å². The van der Waals surface area contributed by atoms with Gasteiger partial charge in [0.1, 0.15) is 17.1 Å². The molecule has 0 saturated carbocycles. The van der Waals surface area contributed by atoms with Crippen molar-refractivity contribution in [3.05, 3.63) is 41.7 Å². The van der Waals surface area contributed by atoms with Crippen molar-refractivity contribution in [1.29, 1.82) is 0 Å². The zero-order chi connectivity index (χ0) is 13.8. The summed E-state index contributed by atoms with van der Waals surface area (Å²) in [6, 6.07) is 4.93. The average molecular weight is 262 g/mol. The number of aromatic nitrogens is 2. The third-order valence-electron chi connectivity index (χ3n) is 2.72. The minimum absolute atomic E-state index is 0.0727. The van der Waals surface area contributed by atoms with Gasteiger partial charge in [-0.1, -0.05) is 0 Å². The molecule has 1 aromatic heterocycles. The molecule has 1 heterocycles. The number of carboxylic acids is 1. The highest BCUT2D eigenvalue weighted by atomic mass is 16.5. The van der Waals surface area contributed by atoms with Crippen molar-refractivity contribution in [1.82, 2.24) is 9.78 Å². The first-order valence-corrected chi connectivity index (χ1v) is 5.61. The first-order chi connectivity index (χ1) is 9.15. The predicted octanol–water partition coefficient (Wildman–Crippen LogP) is 1.65. The second kappa shape index (κ2) is 5.43. The number of rotatable bonds is 5. The largest absolute Gasteiger partial charge is 0.496 e. The van der Waals surface area contributed by atoms with E-state index in [4.69, 9.17) is 14.6 Å². The van der Waals surface area contributed by atoms with Crippen LogP contribution >= 0.6 is 0 Å². The fourth-order valence-corrected chi connectivity index (χ4v) is 1.82. The molecule has 6 nitrogen and oxygen atoms in total. The van der Waals surface area contributed by atoms with Gasteiger partial charge in [0.2, 0.25) is 0 Å². The van der Waals surface area contributed by atoms with Crippen LogP contribution in [-0.2, 0) is 6.54 Å². The highest BCUT2D eigenvalue weighted by Crippen LogP contribution is 2.29. The molecule has 0 atom stereocenters. The summed E-state index contributed by atoms with van der Waals surface area (Å²) < 4.78 is 12.0. The number of aromatic carboxylic acids is 1. The van der Waals surface area contributed by atoms with Gasteiger partial charge in [-0.3, -0.25) is 4.68 Å². The molecule has 0 amide bonds. The molecule has 100 valence electrons. The molecule has 0 saturated heterocycles. The van der Waals surface area contributed by atoms with Gasteiger partial charge in [0.25, 0.3) is 0 Å². The maximum Gasteiger partial charge on any atom is 0.339 e. The van der Waals surface area contributed by atoms with Crippen LogP contribution in [0.2, 0.25) is 0 Å². The Morgan fingerprint density at radius 1 is 1.32 bits per heavy atom. The van der Waals surface area contributed by atoms with Crippen molar-refractivity contribution in [3.63, 3.8) is 0 Å². The van der Waals surface area contributed by atoms with Crippen LogP contribution in [0.1, 0.15) is 15.9 Å². The van der Waals surface area contributed by atoms with Gasteiger partial charge in [0, 0.05) is 18.0 Å². The SMILES string of the molecule is COc1cc(C(=O)O)c(OC)cc1Cn1cccn1. The number of benzene rings is 1. The highest BCUT2D eigenvalue weighted by molar-refractivity contribution is 5.91.